The highest BCUT2D eigenvalue weighted by atomic mass is 14.9. The summed E-state index contributed by atoms with van der Waals surface area (Å²) >= 11 is 0. The lowest BCUT2D eigenvalue weighted by molar-refractivity contribution is 0.375. The smallest absolute Gasteiger partial charge is 0.0346 e. The van der Waals surface area contributed by atoms with Crippen molar-refractivity contribution in [3.05, 3.63) is 0 Å². The summed E-state index contributed by atoms with van der Waals surface area (Å²) in [6.07, 6.45) is 8.69. The standard InChI is InChI=1S/C15H33N5/c16-10-6-2-1-3-7-11(17)15(20)12(18)8-4-5-9-13(10)14(9)19/h9-15H,1-8,16-20H2. The summed E-state index contributed by atoms with van der Waals surface area (Å²) in [4.78, 5) is 0. The summed E-state index contributed by atoms with van der Waals surface area (Å²) in [6.45, 7) is 0. The Bertz CT molecular complexity index is 282. The van der Waals surface area contributed by atoms with Crippen LogP contribution in [0.5, 0.6) is 0 Å². The maximum Gasteiger partial charge on any atom is 0.0346 e. The molecule has 5 nitrogen and oxygen atoms in total. The zero-order chi connectivity index (χ0) is 14.7. The van der Waals surface area contributed by atoms with E-state index >= 15 is 0 Å². The van der Waals surface area contributed by atoms with Gasteiger partial charge in [0.2, 0.25) is 0 Å². The van der Waals surface area contributed by atoms with Gasteiger partial charge in [-0.3, -0.25) is 0 Å². The fraction of sp³-hybridized carbons (Fsp3) is 1.00. The van der Waals surface area contributed by atoms with Crippen LogP contribution in [0.25, 0.3) is 0 Å². The van der Waals surface area contributed by atoms with Crippen LogP contribution in [0.4, 0.5) is 0 Å². The summed E-state index contributed by atoms with van der Waals surface area (Å²) in [6, 6.07) is 0.543. The first-order chi connectivity index (χ1) is 9.52. The molecule has 0 bridgehead atoms. The monoisotopic (exact) mass is 283 g/mol. The summed E-state index contributed by atoms with van der Waals surface area (Å²) in [7, 11) is 0. The van der Waals surface area contributed by atoms with Gasteiger partial charge >= 0.3 is 0 Å². The third kappa shape index (κ3) is 3.92. The molecule has 2 aliphatic carbocycles. The van der Waals surface area contributed by atoms with Gasteiger partial charge in [0.1, 0.15) is 0 Å². The Morgan fingerprint density at radius 1 is 0.500 bits per heavy atom. The molecular formula is C15H33N5. The minimum atomic E-state index is -0.0797. The van der Waals surface area contributed by atoms with Crippen LogP contribution in [0, 0.1) is 11.8 Å². The quantitative estimate of drug-likeness (QED) is 0.427. The second-order valence-corrected chi connectivity index (χ2v) is 6.96. The van der Waals surface area contributed by atoms with E-state index in [0.717, 1.165) is 38.5 Å². The van der Waals surface area contributed by atoms with Gasteiger partial charge < -0.3 is 28.7 Å². The van der Waals surface area contributed by atoms with E-state index in [-0.39, 0.29) is 24.2 Å². The number of hydrogen-bond donors (Lipinski definition) is 5. The molecule has 0 amide bonds. The zero-order valence-corrected chi connectivity index (χ0v) is 12.6. The van der Waals surface area contributed by atoms with E-state index in [4.69, 9.17) is 28.7 Å². The van der Waals surface area contributed by atoms with Crippen LogP contribution in [-0.2, 0) is 0 Å². The molecule has 2 saturated carbocycles. The third-order valence-corrected chi connectivity index (χ3v) is 5.43. The molecule has 0 spiro atoms. The van der Waals surface area contributed by atoms with Crippen molar-refractivity contribution in [2.75, 3.05) is 0 Å². The van der Waals surface area contributed by atoms with Crippen molar-refractivity contribution in [2.45, 2.75) is 81.6 Å². The molecule has 0 aromatic rings. The maximum absolute atomic E-state index is 6.29. The van der Waals surface area contributed by atoms with Crippen LogP contribution in [0.3, 0.4) is 0 Å². The lowest BCUT2D eigenvalue weighted by Crippen LogP contribution is -2.53. The van der Waals surface area contributed by atoms with Crippen molar-refractivity contribution >= 4 is 0 Å². The van der Waals surface area contributed by atoms with Crippen LogP contribution in [0.15, 0.2) is 0 Å². The fourth-order valence-electron chi connectivity index (χ4n) is 3.84. The van der Waals surface area contributed by atoms with Crippen LogP contribution in [-0.4, -0.2) is 30.2 Å². The van der Waals surface area contributed by atoms with Gasteiger partial charge in [-0.05, 0) is 37.5 Å². The SMILES string of the molecule is NC1CCCCCC(N)C2C(N)C2CCCC(N)C1N. The molecule has 0 aromatic heterocycles. The minimum Gasteiger partial charge on any atom is -0.327 e. The molecule has 0 saturated heterocycles. The van der Waals surface area contributed by atoms with Gasteiger partial charge in [0.15, 0.2) is 0 Å². The largest absolute Gasteiger partial charge is 0.327 e. The van der Waals surface area contributed by atoms with E-state index in [9.17, 15) is 0 Å². The fourth-order valence-corrected chi connectivity index (χ4v) is 3.84. The van der Waals surface area contributed by atoms with Crippen molar-refractivity contribution in [1.29, 1.82) is 0 Å². The van der Waals surface area contributed by atoms with E-state index in [1.807, 2.05) is 0 Å². The first-order valence-corrected chi connectivity index (χ1v) is 8.30. The Hall–Kier alpha value is -0.200. The van der Waals surface area contributed by atoms with Gasteiger partial charge in [-0.1, -0.05) is 25.7 Å². The Balaban J connectivity index is 1.88. The van der Waals surface area contributed by atoms with E-state index in [1.165, 1.54) is 12.8 Å². The average Bonchev–Trinajstić information content (AvgIpc) is 3.06. The first kappa shape index (κ1) is 16.2. The predicted molar refractivity (Wildman–Crippen MR) is 83.8 cm³/mol. The van der Waals surface area contributed by atoms with E-state index in [0.29, 0.717) is 17.9 Å². The lowest BCUT2D eigenvalue weighted by atomic mass is 9.92. The number of fused-ring (bicyclic) bond motifs is 1. The van der Waals surface area contributed by atoms with Gasteiger partial charge in [0.25, 0.3) is 0 Å². The molecule has 0 radical (unpaired) electrons. The van der Waals surface area contributed by atoms with Gasteiger partial charge in [-0.15, -0.1) is 0 Å². The molecule has 2 fully saturated rings. The van der Waals surface area contributed by atoms with Crippen molar-refractivity contribution in [3.8, 4) is 0 Å². The molecule has 5 heteroatoms. The third-order valence-electron chi connectivity index (χ3n) is 5.43. The Labute approximate surface area is 123 Å². The topological polar surface area (TPSA) is 130 Å². The number of nitrogens with two attached hydrogens (primary N) is 5. The summed E-state index contributed by atoms with van der Waals surface area (Å²) in [5.74, 6) is 1.13. The molecule has 2 aliphatic rings. The first-order valence-electron chi connectivity index (χ1n) is 8.30. The van der Waals surface area contributed by atoms with E-state index in [1.54, 1.807) is 0 Å². The molecule has 7 atom stereocenters. The summed E-state index contributed by atoms with van der Waals surface area (Å²) in [5.41, 5.74) is 31.0. The second kappa shape index (κ2) is 7.18. The van der Waals surface area contributed by atoms with Gasteiger partial charge in [-0.2, -0.15) is 0 Å². The van der Waals surface area contributed by atoms with Gasteiger partial charge in [0, 0.05) is 30.2 Å². The van der Waals surface area contributed by atoms with E-state index < -0.39 is 0 Å². The Morgan fingerprint density at radius 3 is 1.70 bits per heavy atom. The maximum atomic E-state index is 6.29. The number of hydrogen-bond acceptors (Lipinski definition) is 5. The Morgan fingerprint density at radius 2 is 1.05 bits per heavy atom. The highest BCUT2D eigenvalue weighted by Crippen LogP contribution is 2.44. The normalized spacial score (nSPS) is 48.1. The van der Waals surface area contributed by atoms with Gasteiger partial charge in [-0.25, -0.2) is 0 Å². The molecule has 0 heterocycles. The highest BCUT2D eigenvalue weighted by Gasteiger charge is 2.49. The van der Waals surface area contributed by atoms with Crippen LogP contribution in [0.2, 0.25) is 0 Å². The summed E-state index contributed by atoms with van der Waals surface area (Å²) in [5, 5.41) is 0. The highest BCUT2D eigenvalue weighted by molar-refractivity contribution is 5.05. The summed E-state index contributed by atoms with van der Waals surface area (Å²) < 4.78 is 0. The molecule has 10 N–H and O–H groups in total. The molecule has 2 rings (SSSR count). The molecule has 0 aromatic carbocycles. The molecule has 118 valence electrons. The average molecular weight is 283 g/mol. The van der Waals surface area contributed by atoms with Gasteiger partial charge in [0.05, 0.1) is 0 Å². The molecule has 20 heavy (non-hydrogen) atoms. The number of rotatable bonds is 0. The van der Waals surface area contributed by atoms with E-state index in [2.05, 4.69) is 0 Å². The van der Waals surface area contributed by atoms with Crippen molar-refractivity contribution in [2.24, 2.45) is 40.5 Å². The molecule has 0 aliphatic heterocycles. The van der Waals surface area contributed by atoms with Crippen LogP contribution >= 0.6 is 0 Å². The molecular weight excluding hydrogens is 250 g/mol. The minimum absolute atomic E-state index is 0.00929. The second-order valence-electron chi connectivity index (χ2n) is 6.96. The molecule has 7 unspecified atom stereocenters. The van der Waals surface area contributed by atoms with Crippen molar-refractivity contribution in [1.82, 2.24) is 0 Å². The zero-order valence-electron chi connectivity index (χ0n) is 12.6. The van der Waals surface area contributed by atoms with Crippen LogP contribution < -0.4 is 28.7 Å². The Kier molecular flexibility index (Phi) is 5.81. The lowest BCUT2D eigenvalue weighted by Gasteiger charge is -2.26. The van der Waals surface area contributed by atoms with Crippen molar-refractivity contribution < 1.29 is 0 Å². The van der Waals surface area contributed by atoms with Crippen LogP contribution in [0.1, 0.15) is 51.4 Å². The van der Waals surface area contributed by atoms with Crippen molar-refractivity contribution in [3.63, 3.8) is 0 Å². The predicted octanol–water partition coefficient (Wildman–Crippen LogP) is 0.00330.